The van der Waals surface area contributed by atoms with E-state index in [0.717, 1.165) is 18.8 Å². The minimum Gasteiger partial charge on any atom is -0.309 e. The van der Waals surface area contributed by atoms with Gasteiger partial charge in [-0.25, -0.2) is 0 Å². The summed E-state index contributed by atoms with van der Waals surface area (Å²) in [5.74, 6) is 1.07. The molecular weight excluding hydrogens is 236 g/mol. The van der Waals surface area contributed by atoms with Gasteiger partial charge in [0.15, 0.2) is 5.82 Å². The summed E-state index contributed by atoms with van der Waals surface area (Å²) in [5, 5.41) is 12.0. The first-order valence-electron chi connectivity index (χ1n) is 7.04. The van der Waals surface area contributed by atoms with E-state index in [-0.39, 0.29) is 6.04 Å². The first kappa shape index (κ1) is 12.4. The Labute approximate surface area is 113 Å². The summed E-state index contributed by atoms with van der Waals surface area (Å²) in [5.41, 5.74) is 1.29. The van der Waals surface area contributed by atoms with E-state index in [1.165, 1.54) is 18.4 Å². The van der Waals surface area contributed by atoms with E-state index in [9.17, 15) is 0 Å². The molecule has 0 aliphatic carbocycles. The van der Waals surface area contributed by atoms with Crippen molar-refractivity contribution >= 4 is 0 Å². The van der Waals surface area contributed by atoms with Gasteiger partial charge in [-0.1, -0.05) is 36.8 Å². The lowest BCUT2D eigenvalue weighted by Gasteiger charge is -2.25. The van der Waals surface area contributed by atoms with E-state index < -0.39 is 0 Å². The largest absolute Gasteiger partial charge is 0.309 e. The lowest BCUT2D eigenvalue weighted by molar-refractivity contribution is 0.380. The fraction of sp³-hybridized carbons (Fsp3) is 0.467. The van der Waals surface area contributed by atoms with Crippen LogP contribution in [0.15, 0.2) is 36.7 Å². The second-order valence-electron chi connectivity index (χ2n) is 5.19. The van der Waals surface area contributed by atoms with Gasteiger partial charge in [-0.2, -0.15) is 0 Å². The van der Waals surface area contributed by atoms with E-state index in [4.69, 9.17) is 0 Å². The molecule has 1 aliphatic rings. The van der Waals surface area contributed by atoms with Crippen molar-refractivity contribution in [2.24, 2.45) is 0 Å². The van der Waals surface area contributed by atoms with Gasteiger partial charge in [-0.3, -0.25) is 0 Å². The fourth-order valence-electron chi connectivity index (χ4n) is 2.76. The molecule has 0 amide bonds. The highest BCUT2D eigenvalue weighted by Crippen LogP contribution is 2.25. The number of hydrogen-bond donors (Lipinski definition) is 1. The molecule has 3 rings (SSSR count). The Morgan fingerprint density at radius 3 is 2.84 bits per heavy atom. The number of piperidine rings is 1. The molecule has 1 N–H and O–H groups in total. The van der Waals surface area contributed by atoms with Crippen LogP contribution in [0.2, 0.25) is 0 Å². The van der Waals surface area contributed by atoms with Gasteiger partial charge in [-0.05, 0) is 31.9 Å². The molecular formula is C15H20N4. The number of benzene rings is 1. The lowest BCUT2D eigenvalue weighted by Crippen LogP contribution is -2.29. The Morgan fingerprint density at radius 2 is 2.11 bits per heavy atom. The molecule has 100 valence electrons. The van der Waals surface area contributed by atoms with Crippen molar-refractivity contribution in [2.75, 3.05) is 6.54 Å². The molecule has 19 heavy (non-hydrogen) atoms. The maximum absolute atomic E-state index is 4.34. The van der Waals surface area contributed by atoms with Crippen LogP contribution in [-0.4, -0.2) is 21.3 Å². The van der Waals surface area contributed by atoms with Gasteiger partial charge in [0.05, 0.1) is 12.1 Å². The second kappa shape index (κ2) is 5.53. The number of nitrogens with one attached hydrogen (secondary N) is 1. The molecule has 0 spiro atoms. The van der Waals surface area contributed by atoms with E-state index in [1.807, 2.05) is 12.4 Å². The molecule has 1 aromatic heterocycles. The molecule has 0 bridgehead atoms. The summed E-state index contributed by atoms with van der Waals surface area (Å²) < 4.78 is 2.19. The van der Waals surface area contributed by atoms with Gasteiger partial charge in [-0.15, -0.1) is 10.2 Å². The SMILES string of the molecule is CC(c1ccccc1)n1cnnc1C1CCCCN1. The number of hydrogen-bond acceptors (Lipinski definition) is 3. The highest BCUT2D eigenvalue weighted by Gasteiger charge is 2.22. The molecule has 0 radical (unpaired) electrons. The molecule has 0 saturated carbocycles. The maximum Gasteiger partial charge on any atom is 0.150 e. The number of aromatic nitrogens is 3. The molecule has 2 heterocycles. The van der Waals surface area contributed by atoms with Gasteiger partial charge in [0.25, 0.3) is 0 Å². The van der Waals surface area contributed by atoms with Crippen LogP contribution in [0.4, 0.5) is 0 Å². The van der Waals surface area contributed by atoms with Crippen LogP contribution in [0.25, 0.3) is 0 Å². The predicted octanol–water partition coefficient (Wildman–Crippen LogP) is 2.70. The molecule has 1 fully saturated rings. The summed E-state index contributed by atoms with van der Waals surface area (Å²) in [7, 11) is 0. The van der Waals surface area contributed by atoms with Crippen LogP contribution in [0.3, 0.4) is 0 Å². The molecule has 2 atom stereocenters. The van der Waals surface area contributed by atoms with Gasteiger partial charge in [0.2, 0.25) is 0 Å². The molecule has 2 aromatic rings. The summed E-state index contributed by atoms with van der Waals surface area (Å²) in [6.07, 6.45) is 5.53. The third-order valence-electron chi connectivity index (χ3n) is 3.92. The van der Waals surface area contributed by atoms with Crippen molar-refractivity contribution in [1.29, 1.82) is 0 Å². The van der Waals surface area contributed by atoms with E-state index in [1.54, 1.807) is 0 Å². The minimum absolute atomic E-state index is 0.273. The topological polar surface area (TPSA) is 42.7 Å². The van der Waals surface area contributed by atoms with Crippen molar-refractivity contribution in [1.82, 2.24) is 20.1 Å². The van der Waals surface area contributed by atoms with Crippen LogP contribution >= 0.6 is 0 Å². The third kappa shape index (κ3) is 2.54. The average molecular weight is 256 g/mol. The van der Waals surface area contributed by atoms with Crippen molar-refractivity contribution < 1.29 is 0 Å². The summed E-state index contributed by atoms with van der Waals surface area (Å²) in [6.45, 7) is 3.28. The average Bonchev–Trinajstić information content (AvgIpc) is 2.98. The molecule has 2 unspecified atom stereocenters. The molecule has 4 nitrogen and oxygen atoms in total. The number of rotatable bonds is 3. The lowest BCUT2D eigenvalue weighted by atomic mass is 10.0. The number of nitrogens with zero attached hydrogens (tertiary/aromatic N) is 3. The van der Waals surface area contributed by atoms with Crippen LogP contribution in [0.1, 0.15) is 49.7 Å². The smallest absolute Gasteiger partial charge is 0.150 e. The summed E-state index contributed by atoms with van der Waals surface area (Å²) >= 11 is 0. The molecule has 1 aliphatic heterocycles. The molecule has 4 heteroatoms. The monoisotopic (exact) mass is 256 g/mol. The van der Waals surface area contributed by atoms with Crippen LogP contribution < -0.4 is 5.32 Å². The second-order valence-corrected chi connectivity index (χ2v) is 5.19. The Morgan fingerprint density at radius 1 is 1.26 bits per heavy atom. The first-order valence-corrected chi connectivity index (χ1v) is 7.04. The molecule has 1 aromatic carbocycles. The highest BCUT2D eigenvalue weighted by molar-refractivity contribution is 5.20. The van der Waals surface area contributed by atoms with Crippen molar-refractivity contribution in [2.45, 2.75) is 38.3 Å². The quantitative estimate of drug-likeness (QED) is 0.918. The van der Waals surface area contributed by atoms with Gasteiger partial charge in [0, 0.05) is 0 Å². The maximum atomic E-state index is 4.34. The van der Waals surface area contributed by atoms with E-state index >= 15 is 0 Å². The Bertz CT molecular complexity index is 514. The van der Waals surface area contributed by atoms with Crippen molar-refractivity contribution in [3.8, 4) is 0 Å². The van der Waals surface area contributed by atoms with Crippen LogP contribution in [0, 0.1) is 0 Å². The Kier molecular flexibility index (Phi) is 3.60. The van der Waals surface area contributed by atoms with Crippen molar-refractivity contribution in [3.05, 3.63) is 48.0 Å². The summed E-state index contributed by atoms with van der Waals surface area (Å²) in [4.78, 5) is 0. The zero-order valence-electron chi connectivity index (χ0n) is 11.3. The Balaban J connectivity index is 1.87. The van der Waals surface area contributed by atoms with Gasteiger partial charge in [0.1, 0.15) is 6.33 Å². The minimum atomic E-state index is 0.273. The molecule has 1 saturated heterocycles. The first-order chi connectivity index (χ1) is 9.36. The fourth-order valence-corrected chi connectivity index (χ4v) is 2.76. The zero-order chi connectivity index (χ0) is 13.1. The standard InChI is InChI=1S/C15H20N4/c1-12(13-7-3-2-4-8-13)19-11-17-18-15(19)14-9-5-6-10-16-14/h2-4,7-8,11-12,14,16H,5-6,9-10H2,1H3. The van der Waals surface area contributed by atoms with Gasteiger partial charge < -0.3 is 9.88 Å². The summed E-state index contributed by atoms with van der Waals surface area (Å²) in [6, 6.07) is 11.1. The van der Waals surface area contributed by atoms with Crippen LogP contribution in [-0.2, 0) is 0 Å². The predicted molar refractivity (Wildman–Crippen MR) is 74.9 cm³/mol. The zero-order valence-corrected chi connectivity index (χ0v) is 11.3. The van der Waals surface area contributed by atoms with E-state index in [2.05, 4.69) is 51.3 Å². The van der Waals surface area contributed by atoms with Gasteiger partial charge >= 0.3 is 0 Å². The van der Waals surface area contributed by atoms with Crippen LogP contribution in [0.5, 0.6) is 0 Å². The third-order valence-corrected chi connectivity index (χ3v) is 3.92. The normalized spacial score (nSPS) is 21.2. The van der Waals surface area contributed by atoms with Crippen molar-refractivity contribution in [3.63, 3.8) is 0 Å². The highest BCUT2D eigenvalue weighted by atomic mass is 15.3. The Hall–Kier alpha value is -1.68. The van der Waals surface area contributed by atoms with E-state index in [0.29, 0.717) is 6.04 Å².